The van der Waals surface area contributed by atoms with E-state index in [1.807, 2.05) is 19.1 Å². The van der Waals surface area contributed by atoms with E-state index in [9.17, 15) is 8.42 Å². The summed E-state index contributed by atoms with van der Waals surface area (Å²) in [6.45, 7) is 2.30. The predicted octanol–water partition coefficient (Wildman–Crippen LogP) is 0.636. The van der Waals surface area contributed by atoms with Crippen LogP contribution in [0.2, 0.25) is 0 Å². The van der Waals surface area contributed by atoms with Gasteiger partial charge in [-0.3, -0.25) is 0 Å². The van der Waals surface area contributed by atoms with E-state index in [4.69, 9.17) is 28.2 Å². The zero-order valence-electron chi connectivity index (χ0n) is 16.0. The molecule has 10 nitrogen and oxygen atoms in total. The number of aryl methyl sites for hydroxylation is 1. The van der Waals surface area contributed by atoms with Crippen molar-refractivity contribution in [3.8, 4) is 11.1 Å². The third-order valence-electron chi connectivity index (χ3n) is 4.27. The number of hydrogen-bond acceptors (Lipinski definition) is 10. The maximum absolute atomic E-state index is 12.6. The normalized spacial score (nSPS) is 12.5. The van der Waals surface area contributed by atoms with Gasteiger partial charge in [0.25, 0.3) is 0 Å². The Balaban J connectivity index is 2.44. The SMILES string of the molecule is Cc1ccc(-c2ccc(SCCN)c(S(N)(=O)=O)c2/C(N)=N/NN)c2nc(N)sc12. The first-order valence-electron chi connectivity index (χ1n) is 8.66. The summed E-state index contributed by atoms with van der Waals surface area (Å²) >= 11 is 2.61. The van der Waals surface area contributed by atoms with Crippen LogP contribution in [0.4, 0.5) is 5.13 Å². The van der Waals surface area contributed by atoms with Crippen LogP contribution in [0.25, 0.3) is 21.3 Å². The molecule has 0 unspecified atom stereocenters. The van der Waals surface area contributed by atoms with E-state index in [0.29, 0.717) is 39.0 Å². The number of primary sulfonamides is 1. The zero-order valence-corrected chi connectivity index (χ0v) is 18.5. The minimum absolute atomic E-state index is 0.134. The highest BCUT2D eigenvalue weighted by molar-refractivity contribution is 8.00. The molecular formula is C17H22N8O2S3. The molecule has 160 valence electrons. The molecule has 2 aromatic carbocycles. The van der Waals surface area contributed by atoms with Crippen LogP contribution < -0.4 is 33.7 Å². The number of sulfonamides is 1. The van der Waals surface area contributed by atoms with Crippen LogP contribution in [0, 0.1) is 6.92 Å². The molecule has 3 aromatic rings. The monoisotopic (exact) mass is 466 g/mol. The fraction of sp³-hybridized carbons (Fsp3) is 0.176. The van der Waals surface area contributed by atoms with Crippen molar-refractivity contribution >= 4 is 54.3 Å². The van der Waals surface area contributed by atoms with Crippen LogP contribution in [0.15, 0.2) is 39.2 Å². The van der Waals surface area contributed by atoms with Gasteiger partial charge in [0.2, 0.25) is 10.0 Å². The van der Waals surface area contributed by atoms with Crippen molar-refractivity contribution in [1.29, 1.82) is 0 Å². The third kappa shape index (κ3) is 4.21. The summed E-state index contributed by atoms with van der Waals surface area (Å²) in [6.07, 6.45) is 0. The molecule has 0 saturated carbocycles. The van der Waals surface area contributed by atoms with E-state index in [1.54, 1.807) is 12.1 Å². The summed E-state index contributed by atoms with van der Waals surface area (Å²) in [4.78, 5) is 4.70. The second-order valence-electron chi connectivity index (χ2n) is 6.28. The van der Waals surface area contributed by atoms with Gasteiger partial charge in [0.1, 0.15) is 4.90 Å². The number of anilines is 1. The Morgan fingerprint density at radius 1 is 1.27 bits per heavy atom. The highest BCUT2D eigenvalue weighted by Gasteiger charge is 2.27. The summed E-state index contributed by atoms with van der Waals surface area (Å²) in [5.41, 5.74) is 22.6. The molecule has 0 atom stereocenters. The van der Waals surface area contributed by atoms with Crippen LogP contribution in [0.3, 0.4) is 0 Å². The standard InChI is InChI=1S/C17H22N8O2S3/c1-8-2-3-10(13-14(8)29-17(20)23-13)9-4-5-11(28-7-6-18)15(30(22,26)27)12(9)16(19)24-25-21/h2-5,25H,6-7,18,21H2,1H3,(H2,19,24)(H2,20,23)(H2,22,26,27). The fourth-order valence-corrected chi connectivity index (χ4v) is 6.03. The summed E-state index contributed by atoms with van der Waals surface area (Å²) in [5.74, 6) is 5.65. The van der Waals surface area contributed by atoms with Crippen LogP contribution in [-0.4, -0.2) is 31.5 Å². The van der Waals surface area contributed by atoms with Crippen molar-refractivity contribution in [3.05, 3.63) is 35.4 Å². The Hall–Kier alpha value is -2.42. The van der Waals surface area contributed by atoms with Crippen molar-refractivity contribution in [2.75, 3.05) is 18.0 Å². The number of aromatic nitrogens is 1. The first kappa shape index (κ1) is 22.3. The van der Waals surface area contributed by atoms with Gasteiger partial charge in [0.05, 0.1) is 10.2 Å². The number of thioether (sulfide) groups is 1. The number of nitrogens with two attached hydrogens (primary N) is 5. The second-order valence-corrected chi connectivity index (χ2v) is 9.95. The Kier molecular flexibility index (Phi) is 6.50. The van der Waals surface area contributed by atoms with Crippen LogP contribution >= 0.6 is 23.1 Å². The fourth-order valence-electron chi connectivity index (χ4n) is 3.10. The van der Waals surface area contributed by atoms with Crippen molar-refractivity contribution in [3.63, 3.8) is 0 Å². The molecule has 13 heteroatoms. The number of thiazole rings is 1. The first-order valence-corrected chi connectivity index (χ1v) is 12.0. The molecule has 0 aliphatic heterocycles. The van der Waals surface area contributed by atoms with Gasteiger partial charge < -0.3 is 17.2 Å². The average Bonchev–Trinajstić information content (AvgIpc) is 3.08. The minimum atomic E-state index is -4.18. The lowest BCUT2D eigenvalue weighted by molar-refractivity contribution is 0.595. The molecule has 0 fully saturated rings. The van der Waals surface area contributed by atoms with Gasteiger partial charge in [-0.15, -0.1) is 16.9 Å². The number of hydrazine groups is 1. The summed E-state index contributed by atoms with van der Waals surface area (Å²) in [6, 6.07) is 7.16. The van der Waals surface area contributed by atoms with Gasteiger partial charge in [-0.25, -0.2) is 29.9 Å². The highest BCUT2D eigenvalue weighted by Crippen LogP contribution is 2.40. The summed E-state index contributed by atoms with van der Waals surface area (Å²) < 4.78 is 26.1. The van der Waals surface area contributed by atoms with Crippen molar-refractivity contribution in [2.24, 2.45) is 27.6 Å². The number of nitrogens with one attached hydrogen (secondary N) is 1. The van der Waals surface area contributed by atoms with Gasteiger partial charge in [-0.1, -0.05) is 29.5 Å². The topological polar surface area (TPSA) is 202 Å². The number of hydrazone groups is 1. The van der Waals surface area contributed by atoms with E-state index in [0.717, 1.165) is 10.3 Å². The van der Waals surface area contributed by atoms with E-state index >= 15 is 0 Å². The number of benzene rings is 2. The molecule has 0 spiro atoms. The molecule has 0 aliphatic carbocycles. The molecular weight excluding hydrogens is 444 g/mol. The predicted molar refractivity (Wildman–Crippen MR) is 123 cm³/mol. The molecule has 0 radical (unpaired) electrons. The minimum Gasteiger partial charge on any atom is -0.382 e. The third-order valence-corrected chi connectivity index (χ3v) is 7.50. The smallest absolute Gasteiger partial charge is 0.239 e. The largest absolute Gasteiger partial charge is 0.382 e. The number of nitrogens with zero attached hydrogens (tertiary/aromatic N) is 2. The van der Waals surface area contributed by atoms with Gasteiger partial charge >= 0.3 is 0 Å². The molecule has 1 aromatic heterocycles. The maximum atomic E-state index is 12.6. The van der Waals surface area contributed by atoms with E-state index in [2.05, 4.69) is 15.6 Å². The Morgan fingerprint density at radius 2 is 1.97 bits per heavy atom. The number of hydrogen-bond donors (Lipinski definition) is 6. The lowest BCUT2D eigenvalue weighted by atomic mass is 9.97. The number of nitrogen functional groups attached to an aromatic ring is 1. The number of rotatable bonds is 7. The van der Waals surface area contributed by atoms with E-state index < -0.39 is 10.0 Å². The molecule has 0 amide bonds. The van der Waals surface area contributed by atoms with Gasteiger partial charge in [0, 0.05) is 28.3 Å². The average molecular weight is 467 g/mol. The van der Waals surface area contributed by atoms with E-state index in [1.165, 1.54) is 23.1 Å². The second kappa shape index (κ2) is 8.75. The Morgan fingerprint density at radius 3 is 2.60 bits per heavy atom. The lowest BCUT2D eigenvalue weighted by Gasteiger charge is -2.17. The number of amidine groups is 1. The summed E-state index contributed by atoms with van der Waals surface area (Å²) in [5, 5.41) is 9.79. The van der Waals surface area contributed by atoms with Crippen molar-refractivity contribution in [1.82, 2.24) is 10.5 Å². The van der Waals surface area contributed by atoms with Gasteiger partial charge in [-0.2, -0.15) is 0 Å². The van der Waals surface area contributed by atoms with Gasteiger partial charge in [0.15, 0.2) is 11.0 Å². The highest BCUT2D eigenvalue weighted by atomic mass is 32.2. The maximum Gasteiger partial charge on any atom is 0.239 e. The Bertz CT molecular complexity index is 1240. The quantitative estimate of drug-likeness (QED) is 0.0949. The molecule has 3 rings (SSSR count). The molecule has 1 heterocycles. The zero-order chi connectivity index (χ0) is 22.1. The molecule has 30 heavy (non-hydrogen) atoms. The van der Waals surface area contributed by atoms with Crippen molar-refractivity contribution < 1.29 is 8.42 Å². The first-order chi connectivity index (χ1) is 14.2. The van der Waals surface area contributed by atoms with Crippen LogP contribution in [0.5, 0.6) is 0 Å². The molecule has 0 saturated heterocycles. The molecule has 0 bridgehead atoms. The number of fused-ring (bicyclic) bond motifs is 1. The summed E-state index contributed by atoms with van der Waals surface area (Å²) in [7, 11) is -4.18. The Labute approximate surface area is 181 Å². The molecule has 0 aliphatic rings. The van der Waals surface area contributed by atoms with Crippen LogP contribution in [0.1, 0.15) is 11.1 Å². The lowest BCUT2D eigenvalue weighted by Crippen LogP contribution is -2.27. The molecule has 11 N–H and O–H groups in total. The van der Waals surface area contributed by atoms with Crippen molar-refractivity contribution in [2.45, 2.75) is 16.7 Å². The van der Waals surface area contributed by atoms with Crippen LogP contribution in [-0.2, 0) is 10.0 Å². The van der Waals surface area contributed by atoms with Gasteiger partial charge in [-0.05, 0) is 24.1 Å². The van der Waals surface area contributed by atoms with E-state index in [-0.39, 0.29) is 16.3 Å².